The van der Waals surface area contributed by atoms with Crippen LogP contribution in [0.25, 0.3) is 0 Å². The van der Waals surface area contributed by atoms with E-state index in [0.717, 1.165) is 17.7 Å². The molecule has 4 rings (SSSR count). The number of anilines is 3. The third-order valence-electron chi connectivity index (χ3n) is 5.26. The molecule has 1 heterocycles. The fourth-order valence-corrected chi connectivity index (χ4v) is 4.44. The number of aryl methyl sites for hydroxylation is 1. The van der Waals surface area contributed by atoms with Gasteiger partial charge in [-0.15, -0.1) is 0 Å². The monoisotopic (exact) mass is 481 g/mol. The van der Waals surface area contributed by atoms with Crippen molar-refractivity contribution in [1.82, 2.24) is 0 Å². The number of hydrogen-bond donors (Lipinski definition) is 3. The molecular weight excluding hydrogens is 454 g/mol. The highest BCUT2D eigenvalue weighted by atomic mass is 32.2. The van der Waals surface area contributed by atoms with Crippen LogP contribution in [-0.2, 0) is 14.8 Å². The lowest BCUT2D eigenvalue weighted by molar-refractivity contribution is -0.116. The maximum atomic E-state index is 12.8. The van der Waals surface area contributed by atoms with Gasteiger partial charge >= 0.3 is 0 Å². The Morgan fingerprint density at radius 1 is 0.853 bits per heavy atom. The van der Waals surface area contributed by atoms with E-state index in [0.29, 0.717) is 36.1 Å². The van der Waals surface area contributed by atoms with E-state index in [2.05, 4.69) is 15.4 Å². The molecule has 0 fully saturated rings. The van der Waals surface area contributed by atoms with Crippen LogP contribution >= 0.6 is 0 Å². The van der Waals surface area contributed by atoms with Crippen LogP contribution in [0.2, 0.25) is 0 Å². The number of benzene rings is 3. The van der Waals surface area contributed by atoms with Crippen molar-refractivity contribution in [2.75, 3.05) is 28.6 Å². The molecule has 3 N–H and O–H groups in total. The van der Waals surface area contributed by atoms with E-state index in [1.54, 1.807) is 37.3 Å². The number of sulfonamides is 1. The second-order valence-electron chi connectivity index (χ2n) is 8.06. The van der Waals surface area contributed by atoms with Gasteiger partial charge in [-0.3, -0.25) is 9.52 Å². The van der Waals surface area contributed by atoms with Crippen LogP contribution in [0.1, 0.15) is 18.9 Å². The van der Waals surface area contributed by atoms with Crippen molar-refractivity contribution < 1.29 is 22.7 Å². The second kappa shape index (κ2) is 10.0. The SMILES string of the molecule is Cc1ccc(NC(=O)[C@H](C)Nc2ccc(NS(=O)(=O)c3ccc4c(c3)OCCCO4)cc2)cc1. The molecule has 0 bridgehead atoms. The van der Waals surface area contributed by atoms with Crippen molar-refractivity contribution in [3.05, 3.63) is 72.3 Å². The summed E-state index contributed by atoms with van der Waals surface area (Å²) in [5.41, 5.74) is 2.92. The molecule has 0 radical (unpaired) electrons. The van der Waals surface area contributed by atoms with Crippen molar-refractivity contribution in [3.63, 3.8) is 0 Å². The average Bonchev–Trinajstić information content (AvgIpc) is 3.06. The summed E-state index contributed by atoms with van der Waals surface area (Å²) in [6.45, 7) is 4.74. The van der Waals surface area contributed by atoms with Crippen LogP contribution < -0.4 is 24.8 Å². The molecule has 3 aromatic carbocycles. The predicted molar refractivity (Wildman–Crippen MR) is 132 cm³/mol. The molecule has 0 saturated heterocycles. The minimum Gasteiger partial charge on any atom is -0.490 e. The Morgan fingerprint density at radius 3 is 2.18 bits per heavy atom. The van der Waals surface area contributed by atoms with Crippen molar-refractivity contribution in [1.29, 1.82) is 0 Å². The quantitative estimate of drug-likeness (QED) is 0.462. The van der Waals surface area contributed by atoms with E-state index in [1.165, 1.54) is 12.1 Å². The zero-order valence-corrected chi connectivity index (χ0v) is 19.8. The van der Waals surface area contributed by atoms with Crippen molar-refractivity contribution in [2.45, 2.75) is 31.2 Å². The van der Waals surface area contributed by atoms with Gasteiger partial charge in [0, 0.05) is 29.5 Å². The van der Waals surface area contributed by atoms with Gasteiger partial charge in [-0.2, -0.15) is 0 Å². The molecule has 178 valence electrons. The highest BCUT2D eigenvalue weighted by molar-refractivity contribution is 7.92. The number of carbonyl (C=O) groups is 1. The third-order valence-corrected chi connectivity index (χ3v) is 6.64. The summed E-state index contributed by atoms with van der Waals surface area (Å²) >= 11 is 0. The minimum atomic E-state index is -3.82. The lowest BCUT2D eigenvalue weighted by atomic mass is 10.2. The first-order valence-electron chi connectivity index (χ1n) is 11.0. The van der Waals surface area contributed by atoms with E-state index in [1.807, 2.05) is 31.2 Å². The number of fused-ring (bicyclic) bond motifs is 1. The topological polar surface area (TPSA) is 106 Å². The van der Waals surface area contributed by atoms with E-state index >= 15 is 0 Å². The Kier molecular flexibility index (Phi) is 6.93. The molecule has 1 aliphatic rings. The van der Waals surface area contributed by atoms with Crippen molar-refractivity contribution in [3.8, 4) is 11.5 Å². The van der Waals surface area contributed by atoms with E-state index in [9.17, 15) is 13.2 Å². The molecule has 34 heavy (non-hydrogen) atoms. The van der Waals surface area contributed by atoms with Crippen molar-refractivity contribution in [2.24, 2.45) is 0 Å². The van der Waals surface area contributed by atoms with Gasteiger partial charge in [0.2, 0.25) is 5.91 Å². The van der Waals surface area contributed by atoms with Crippen molar-refractivity contribution >= 4 is 33.0 Å². The molecule has 1 aliphatic heterocycles. The number of nitrogens with one attached hydrogen (secondary N) is 3. The van der Waals surface area contributed by atoms with Crippen LogP contribution in [0, 0.1) is 6.92 Å². The molecule has 1 atom stereocenters. The fourth-order valence-electron chi connectivity index (χ4n) is 3.36. The van der Waals surface area contributed by atoms with Crippen LogP contribution in [0.15, 0.2) is 71.6 Å². The number of ether oxygens (including phenoxy) is 2. The molecule has 0 aromatic heterocycles. The van der Waals surface area contributed by atoms with Gasteiger partial charge in [0.15, 0.2) is 11.5 Å². The van der Waals surface area contributed by atoms with Crippen LogP contribution in [-0.4, -0.2) is 33.6 Å². The predicted octanol–water partition coefficient (Wildman–Crippen LogP) is 4.40. The number of carbonyl (C=O) groups excluding carboxylic acids is 1. The smallest absolute Gasteiger partial charge is 0.262 e. The van der Waals surface area contributed by atoms with E-state index in [-0.39, 0.29) is 10.8 Å². The normalized spacial score (nSPS) is 13.9. The first kappa shape index (κ1) is 23.4. The zero-order valence-electron chi connectivity index (χ0n) is 19.0. The summed E-state index contributed by atoms with van der Waals surface area (Å²) < 4.78 is 39.4. The molecule has 1 amide bonds. The zero-order chi connectivity index (χ0) is 24.1. The van der Waals surface area contributed by atoms with Crippen LogP contribution in [0.5, 0.6) is 11.5 Å². The Morgan fingerprint density at radius 2 is 1.47 bits per heavy atom. The van der Waals surface area contributed by atoms with Gasteiger partial charge in [-0.25, -0.2) is 8.42 Å². The van der Waals surface area contributed by atoms with E-state index in [4.69, 9.17) is 9.47 Å². The van der Waals surface area contributed by atoms with Gasteiger partial charge in [0.1, 0.15) is 6.04 Å². The van der Waals surface area contributed by atoms with Crippen LogP contribution in [0.3, 0.4) is 0 Å². The number of amides is 1. The highest BCUT2D eigenvalue weighted by Crippen LogP contribution is 2.32. The van der Waals surface area contributed by atoms with Crippen LogP contribution in [0.4, 0.5) is 17.1 Å². The average molecular weight is 482 g/mol. The lowest BCUT2D eigenvalue weighted by Crippen LogP contribution is -2.31. The summed E-state index contributed by atoms with van der Waals surface area (Å²) in [7, 11) is -3.82. The Labute approximate surface area is 199 Å². The maximum Gasteiger partial charge on any atom is 0.262 e. The summed E-state index contributed by atoms with van der Waals surface area (Å²) in [5, 5.41) is 5.98. The fraction of sp³-hybridized carbons (Fsp3) is 0.240. The van der Waals surface area contributed by atoms with Gasteiger partial charge < -0.3 is 20.1 Å². The summed E-state index contributed by atoms with van der Waals surface area (Å²) in [6.07, 6.45) is 0.738. The number of rotatable bonds is 7. The first-order valence-corrected chi connectivity index (χ1v) is 12.4. The lowest BCUT2D eigenvalue weighted by Gasteiger charge is -2.16. The maximum absolute atomic E-state index is 12.8. The highest BCUT2D eigenvalue weighted by Gasteiger charge is 2.19. The molecule has 0 spiro atoms. The van der Waals surface area contributed by atoms with Gasteiger partial charge in [0.25, 0.3) is 10.0 Å². The third kappa shape index (κ3) is 5.79. The molecule has 8 nitrogen and oxygen atoms in total. The molecule has 0 saturated carbocycles. The Bertz CT molecular complexity index is 1260. The largest absolute Gasteiger partial charge is 0.490 e. The van der Waals surface area contributed by atoms with Gasteiger partial charge in [-0.1, -0.05) is 17.7 Å². The molecule has 0 aliphatic carbocycles. The number of hydrogen-bond acceptors (Lipinski definition) is 6. The van der Waals surface area contributed by atoms with E-state index < -0.39 is 16.1 Å². The second-order valence-corrected chi connectivity index (χ2v) is 9.75. The van der Waals surface area contributed by atoms with Gasteiger partial charge in [-0.05, 0) is 62.4 Å². The Hall–Kier alpha value is -3.72. The summed E-state index contributed by atoms with van der Waals surface area (Å²) in [4.78, 5) is 12.5. The minimum absolute atomic E-state index is 0.0837. The summed E-state index contributed by atoms with van der Waals surface area (Å²) in [6, 6.07) is 18.3. The summed E-state index contributed by atoms with van der Waals surface area (Å²) in [5.74, 6) is 0.772. The molecule has 0 unspecified atom stereocenters. The Balaban J connectivity index is 1.38. The molecule has 9 heteroatoms. The molecule has 3 aromatic rings. The van der Waals surface area contributed by atoms with Gasteiger partial charge in [0.05, 0.1) is 18.1 Å². The standard InChI is InChI=1S/C25H27N3O5S/c1-17-4-6-20(7-5-17)27-25(29)18(2)26-19-8-10-21(11-9-19)28-34(30,31)22-12-13-23-24(16-22)33-15-3-14-32-23/h4-13,16,18,26,28H,3,14-15H2,1-2H3,(H,27,29)/t18-/m0/s1. The molecular formula is C25H27N3O5S. The first-order chi connectivity index (χ1) is 16.3.